The summed E-state index contributed by atoms with van der Waals surface area (Å²) in [6.07, 6.45) is -2.22. The van der Waals surface area contributed by atoms with Crippen LogP contribution in [0.15, 0.2) is 30.5 Å². The second-order valence-corrected chi connectivity index (χ2v) is 4.07. The Labute approximate surface area is 117 Å². The van der Waals surface area contributed by atoms with Crippen molar-refractivity contribution in [2.75, 3.05) is 7.11 Å². The summed E-state index contributed by atoms with van der Waals surface area (Å²) in [6, 6.07) is 3.73. The molecule has 0 radical (unpaired) electrons. The molecule has 2 rings (SSSR count). The minimum Gasteiger partial charge on any atom is -0.465 e. The zero-order valence-electron chi connectivity index (χ0n) is 10.7. The number of nitrogens with zero attached hydrogens (tertiary/aromatic N) is 1. The van der Waals surface area contributed by atoms with Gasteiger partial charge in [-0.3, -0.25) is 4.98 Å². The fourth-order valence-corrected chi connectivity index (χ4v) is 1.80. The molecule has 1 aromatic carbocycles. The monoisotopic (exact) mass is 299 g/mol. The quantitative estimate of drug-likeness (QED) is 0.640. The van der Waals surface area contributed by atoms with Crippen LogP contribution >= 0.6 is 0 Å². The van der Waals surface area contributed by atoms with E-state index in [1.54, 1.807) is 0 Å². The average molecular weight is 299 g/mol. The van der Waals surface area contributed by atoms with Crippen molar-refractivity contribution < 1.29 is 27.1 Å². The molecule has 0 amide bonds. The molecule has 0 aliphatic heterocycles. The van der Waals surface area contributed by atoms with Crippen molar-refractivity contribution in [3.05, 3.63) is 53.2 Å². The molecule has 0 fully saturated rings. The van der Waals surface area contributed by atoms with Gasteiger partial charge in [0.1, 0.15) is 5.82 Å². The summed E-state index contributed by atoms with van der Waals surface area (Å²) in [5.74, 6) is -2.73. The zero-order valence-corrected chi connectivity index (χ0v) is 10.7. The number of halogens is 4. The largest absolute Gasteiger partial charge is 0.465 e. The lowest BCUT2D eigenvalue weighted by atomic mass is 10.0. The van der Waals surface area contributed by atoms with Gasteiger partial charge in [-0.15, -0.1) is 0 Å². The SMILES string of the molecule is COC(=O)c1cc(-c2ccc(F)cc2C(F)F)ncc1F. The topological polar surface area (TPSA) is 39.2 Å². The first-order chi connectivity index (χ1) is 9.93. The Balaban J connectivity index is 2.60. The van der Waals surface area contributed by atoms with Crippen molar-refractivity contribution in [1.82, 2.24) is 4.98 Å². The van der Waals surface area contributed by atoms with Crippen LogP contribution in [0.5, 0.6) is 0 Å². The molecule has 1 heterocycles. The third-order valence-corrected chi connectivity index (χ3v) is 2.79. The number of carbonyl (C=O) groups excluding carboxylic acids is 1. The van der Waals surface area contributed by atoms with Crippen molar-refractivity contribution >= 4 is 5.97 Å². The van der Waals surface area contributed by atoms with Gasteiger partial charge in [-0.2, -0.15) is 0 Å². The standard InChI is InChI=1S/C14H9F4NO2/c1-21-14(20)10-5-12(19-6-11(10)16)8-3-2-7(15)4-9(8)13(17)18/h2-6,13H,1H3. The number of carbonyl (C=O) groups is 1. The van der Waals surface area contributed by atoms with Gasteiger partial charge in [-0.05, 0) is 24.3 Å². The van der Waals surface area contributed by atoms with E-state index in [2.05, 4.69) is 9.72 Å². The van der Waals surface area contributed by atoms with E-state index in [0.717, 1.165) is 31.5 Å². The first-order valence-corrected chi connectivity index (χ1v) is 5.76. The van der Waals surface area contributed by atoms with Crippen LogP contribution in [0.2, 0.25) is 0 Å². The zero-order chi connectivity index (χ0) is 15.6. The number of aromatic nitrogens is 1. The van der Waals surface area contributed by atoms with Gasteiger partial charge in [-0.25, -0.2) is 22.4 Å². The number of hydrogen-bond donors (Lipinski definition) is 0. The predicted molar refractivity (Wildman–Crippen MR) is 65.9 cm³/mol. The Bertz CT molecular complexity index is 689. The van der Waals surface area contributed by atoms with Crippen molar-refractivity contribution in [2.24, 2.45) is 0 Å². The van der Waals surface area contributed by atoms with Crippen LogP contribution in [0.4, 0.5) is 17.6 Å². The molecule has 0 saturated carbocycles. The first kappa shape index (κ1) is 15.0. The highest BCUT2D eigenvalue weighted by molar-refractivity contribution is 5.90. The normalized spacial score (nSPS) is 10.8. The predicted octanol–water partition coefficient (Wildman–Crippen LogP) is 3.75. The number of ether oxygens (including phenoxy) is 1. The van der Waals surface area contributed by atoms with Crippen molar-refractivity contribution in [3.63, 3.8) is 0 Å². The van der Waals surface area contributed by atoms with Crippen LogP contribution in [0.3, 0.4) is 0 Å². The molecule has 0 aliphatic carbocycles. The maximum absolute atomic E-state index is 13.5. The third-order valence-electron chi connectivity index (χ3n) is 2.79. The van der Waals surface area contributed by atoms with Crippen LogP contribution in [0.25, 0.3) is 11.3 Å². The Morgan fingerprint density at radius 3 is 2.57 bits per heavy atom. The molecule has 0 aliphatic rings. The number of hydrogen-bond acceptors (Lipinski definition) is 3. The maximum atomic E-state index is 13.5. The van der Waals surface area contributed by atoms with Crippen molar-refractivity contribution in [1.29, 1.82) is 0 Å². The minimum absolute atomic E-state index is 0.0768. The summed E-state index contributed by atoms with van der Waals surface area (Å²) >= 11 is 0. The fourth-order valence-electron chi connectivity index (χ4n) is 1.80. The number of pyridine rings is 1. The van der Waals surface area contributed by atoms with Gasteiger partial charge in [0, 0.05) is 11.1 Å². The van der Waals surface area contributed by atoms with E-state index in [-0.39, 0.29) is 11.3 Å². The fraction of sp³-hybridized carbons (Fsp3) is 0.143. The van der Waals surface area contributed by atoms with Gasteiger partial charge in [0.15, 0.2) is 5.82 Å². The minimum atomic E-state index is -2.94. The summed E-state index contributed by atoms with van der Waals surface area (Å²) in [4.78, 5) is 15.1. The second kappa shape index (κ2) is 5.90. The van der Waals surface area contributed by atoms with Crippen LogP contribution in [-0.2, 0) is 4.74 Å². The Morgan fingerprint density at radius 2 is 1.95 bits per heavy atom. The lowest BCUT2D eigenvalue weighted by molar-refractivity contribution is 0.0595. The Hall–Kier alpha value is -2.44. The number of rotatable bonds is 3. The molecule has 0 unspecified atom stereocenters. The molecular weight excluding hydrogens is 290 g/mol. The number of methoxy groups -OCH3 is 1. The van der Waals surface area contributed by atoms with E-state index >= 15 is 0 Å². The summed E-state index contributed by atoms with van der Waals surface area (Å²) in [7, 11) is 1.06. The molecule has 110 valence electrons. The number of benzene rings is 1. The van der Waals surface area contributed by atoms with Gasteiger partial charge < -0.3 is 4.74 Å². The highest BCUT2D eigenvalue weighted by Crippen LogP contribution is 2.31. The summed E-state index contributed by atoms with van der Waals surface area (Å²) in [5.41, 5.74) is -1.19. The van der Waals surface area contributed by atoms with Crippen molar-refractivity contribution in [2.45, 2.75) is 6.43 Å². The van der Waals surface area contributed by atoms with E-state index in [1.807, 2.05) is 0 Å². The Morgan fingerprint density at radius 1 is 1.24 bits per heavy atom. The molecule has 0 spiro atoms. The summed E-state index contributed by atoms with van der Waals surface area (Å²) < 4.78 is 56.8. The third kappa shape index (κ3) is 3.01. The van der Waals surface area contributed by atoms with Crippen molar-refractivity contribution in [3.8, 4) is 11.3 Å². The summed E-state index contributed by atoms with van der Waals surface area (Å²) in [6.45, 7) is 0. The average Bonchev–Trinajstić information content (AvgIpc) is 2.47. The molecule has 0 saturated heterocycles. The van der Waals surface area contributed by atoms with E-state index in [4.69, 9.17) is 0 Å². The van der Waals surface area contributed by atoms with E-state index in [1.165, 1.54) is 0 Å². The van der Waals surface area contributed by atoms with E-state index in [9.17, 15) is 22.4 Å². The van der Waals surface area contributed by atoms with E-state index in [0.29, 0.717) is 6.07 Å². The van der Waals surface area contributed by atoms with Crippen LogP contribution in [0.1, 0.15) is 22.3 Å². The highest BCUT2D eigenvalue weighted by atomic mass is 19.3. The van der Waals surface area contributed by atoms with Gasteiger partial charge >= 0.3 is 5.97 Å². The highest BCUT2D eigenvalue weighted by Gasteiger charge is 2.19. The molecule has 2 aromatic rings. The molecule has 21 heavy (non-hydrogen) atoms. The number of alkyl halides is 2. The van der Waals surface area contributed by atoms with Crippen LogP contribution in [-0.4, -0.2) is 18.1 Å². The molecule has 0 N–H and O–H groups in total. The van der Waals surface area contributed by atoms with Gasteiger partial charge in [0.05, 0.1) is 24.6 Å². The molecule has 3 nitrogen and oxygen atoms in total. The van der Waals surface area contributed by atoms with Gasteiger partial charge in [-0.1, -0.05) is 0 Å². The lowest BCUT2D eigenvalue weighted by Gasteiger charge is -2.10. The first-order valence-electron chi connectivity index (χ1n) is 5.76. The Kier molecular flexibility index (Phi) is 4.21. The van der Waals surface area contributed by atoms with Crippen LogP contribution in [0, 0.1) is 11.6 Å². The molecule has 7 heteroatoms. The van der Waals surface area contributed by atoms with Gasteiger partial charge in [0.2, 0.25) is 0 Å². The molecule has 1 aromatic heterocycles. The lowest BCUT2D eigenvalue weighted by Crippen LogP contribution is -2.06. The number of esters is 1. The molecule has 0 atom stereocenters. The van der Waals surface area contributed by atoms with Gasteiger partial charge in [0.25, 0.3) is 6.43 Å². The van der Waals surface area contributed by atoms with Crippen LogP contribution < -0.4 is 0 Å². The summed E-state index contributed by atoms with van der Waals surface area (Å²) in [5, 5.41) is 0. The molecular formula is C14H9F4NO2. The second-order valence-electron chi connectivity index (χ2n) is 4.07. The smallest absolute Gasteiger partial charge is 0.340 e. The molecule has 0 bridgehead atoms. The maximum Gasteiger partial charge on any atom is 0.340 e. The van der Waals surface area contributed by atoms with E-state index < -0.39 is 35.2 Å².